The highest BCUT2D eigenvalue weighted by Crippen LogP contribution is 2.26. The van der Waals surface area contributed by atoms with Crippen LogP contribution in [-0.2, 0) is 6.54 Å². The molecule has 106 valence electrons. The Morgan fingerprint density at radius 2 is 2.00 bits per heavy atom. The number of benzene rings is 1. The molecule has 2 heterocycles. The fraction of sp³-hybridized carbons (Fsp3) is 0.143. The highest BCUT2D eigenvalue weighted by Gasteiger charge is 2.36. The van der Waals surface area contributed by atoms with E-state index in [1.165, 1.54) is 18.2 Å². The van der Waals surface area contributed by atoms with Crippen molar-refractivity contribution in [2.45, 2.75) is 13.5 Å². The molecule has 21 heavy (non-hydrogen) atoms. The lowest BCUT2D eigenvalue weighted by Gasteiger charge is -2.12. The number of aromatic amines is 1. The number of aryl methyl sites for hydroxylation is 1. The summed E-state index contributed by atoms with van der Waals surface area (Å²) in [4.78, 5) is 36.6. The first-order valence-corrected chi connectivity index (χ1v) is 6.21. The molecule has 2 N–H and O–H groups in total. The molecule has 0 saturated carbocycles. The number of carboxylic acid groups (broad SMARTS) is 1. The van der Waals surface area contributed by atoms with Crippen molar-refractivity contribution in [1.29, 1.82) is 0 Å². The summed E-state index contributed by atoms with van der Waals surface area (Å²) < 4.78 is 0. The molecule has 2 aromatic rings. The van der Waals surface area contributed by atoms with E-state index in [9.17, 15) is 14.4 Å². The fourth-order valence-electron chi connectivity index (χ4n) is 2.27. The van der Waals surface area contributed by atoms with E-state index < -0.39 is 17.8 Å². The van der Waals surface area contributed by atoms with Crippen LogP contribution in [0.2, 0.25) is 0 Å². The van der Waals surface area contributed by atoms with Gasteiger partial charge in [0.15, 0.2) is 0 Å². The zero-order valence-corrected chi connectivity index (χ0v) is 11.1. The lowest BCUT2D eigenvalue weighted by molar-refractivity contribution is 0.0640. The van der Waals surface area contributed by atoms with E-state index >= 15 is 0 Å². The number of carbonyl (C=O) groups excluding carboxylic acids is 2. The third-order valence-electron chi connectivity index (χ3n) is 3.48. The quantitative estimate of drug-likeness (QED) is 0.825. The molecule has 3 rings (SSSR count). The van der Waals surface area contributed by atoms with Gasteiger partial charge in [-0.2, -0.15) is 5.10 Å². The van der Waals surface area contributed by atoms with Gasteiger partial charge in [0.2, 0.25) is 0 Å². The number of carbonyl (C=O) groups is 3. The highest BCUT2D eigenvalue weighted by molar-refractivity contribution is 6.21. The monoisotopic (exact) mass is 285 g/mol. The largest absolute Gasteiger partial charge is 0.478 e. The zero-order chi connectivity index (χ0) is 15.1. The summed E-state index contributed by atoms with van der Waals surface area (Å²) >= 11 is 0. The van der Waals surface area contributed by atoms with Crippen molar-refractivity contribution < 1.29 is 19.5 Å². The summed E-state index contributed by atoms with van der Waals surface area (Å²) in [5.74, 6) is -2.05. The number of aromatic nitrogens is 2. The summed E-state index contributed by atoms with van der Waals surface area (Å²) in [6.45, 7) is 1.90. The summed E-state index contributed by atoms with van der Waals surface area (Å²) in [6.07, 6.45) is 1.56. The predicted molar refractivity (Wildman–Crippen MR) is 70.9 cm³/mol. The Labute approximate surface area is 119 Å². The predicted octanol–water partition coefficient (Wildman–Crippen LogP) is 1.21. The SMILES string of the molecule is Cc1[nH]ncc1CN1C(=O)c2ccc(C(=O)O)cc2C1=O. The van der Waals surface area contributed by atoms with Crippen molar-refractivity contribution in [3.8, 4) is 0 Å². The number of nitrogens with zero attached hydrogens (tertiary/aromatic N) is 2. The maximum atomic E-state index is 12.3. The minimum absolute atomic E-state index is 0.0174. The van der Waals surface area contributed by atoms with Crippen molar-refractivity contribution in [1.82, 2.24) is 15.1 Å². The molecule has 2 amide bonds. The average molecular weight is 285 g/mol. The number of imide groups is 1. The lowest BCUT2D eigenvalue weighted by atomic mass is 10.1. The van der Waals surface area contributed by atoms with Crippen LogP contribution in [0.5, 0.6) is 0 Å². The van der Waals surface area contributed by atoms with Crippen LogP contribution in [-0.4, -0.2) is 38.0 Å². The van der Waals surface area contributed by atoms with E-state index in [0.29, 0.717) is 0 Å². The van der Waals surface area contributed by atoms with Gasteiger partial charge in [-0.25, -0.2) is 4.79 Å². The van der Waals surface area contributed by atoms with Gasteiger partial charge in [-0.1, -0.05) is 0 Å². The molecule has 1 aliphatic heterocycles. The molecule has 0 atom stereocenters. The van der Waals surface area contributed by atoms with Gasteiger partial charge in [-0.15, -0.1) is 0 Å². The summed E-state index contributed by atoms with van der Waals surface area (Å²) in [5, 5.41) is 15.5. The molecule has 0 unspecified atom stereocenters. The maximum absolute atomic E-state index is 12.3. The molecule has 7 heteroatoms. The van der Waals surface area contributed by atoms with Gasteiger partial charge >= 0.3 is 5.97 Å². The van der Waals surface area contributed by atoms with Crippen LogP contribution in [0.4, 0.5) is 0 Å². The molecule has 0 saturated heterocycles. The second-order valence-electron chi connectivity index (χ2n) is 4.78. The van der Waals surface area contributed by atoms with Crippen LogP contribution in [0.3, 0.4) is 0 Å². The third-order valence-corrected chi connectivity index (χ3v) is 3.48. The first-order chi connectivity index (χ1) is 9.99. The van der Waals surface area contributed by atoms with E-state index in [4.69, 9.17) is 5.11 Å². The van der Waals surface area contributed by atoms with E-state index in [2.05, 4.69) is 10.2 Å². The van der Waals surface area contributed by atoms with E-state index in [-0.39, 0.29) is 23.2 Å². The van der Waals surface area contributed by atoms with Crippen molar-refractivity contribution >= 4 is 17.8 Å². The number of hydrogen-bond donors (Lipinski definition) is 2. The Bertz CT molecular complexity index is 778. The molecule has 7 nitrogen and oxygen atoms in total. The van der Waals surface area contributed by atoms with Crippen LogP contribution in [0.1, 0.15) is 42.3 Å². The molecule has 1 aromatic carbocycles. The lowest BCUT2D eigenvalue weighted by Crippen LogP contribution is -2.29. The van der Waals surface area contributed by atoms with Gasteiger partial charge < -0.3 is 5.11 Å². The molecule has 0 aliphatic carbocycles. The number of fused-ring (bicyclic) bond motifs is 1. The van der Waals surface area contributed by atoms with Crippen molar-refractivity contribution in [2.75, 3.05) is 0 Å². The molecule has 0 fully saturated rings. The minimum Gasteiger partial charge on any atom is -0.478 e. The Hall–Kier alpha value is -2.96. The van der Waals surface area contributed by atoms with Crippen LogP contribution < -0.4 is 0 Å². The molecule has 1 aromatic heterocycles. The van der Waals surface area contributed by atoms with Gasteiger partial charge in [0.05, 0.1) is 29.4 Å². The normalized spacial score (nSPS) is 13.7. The molecular weight excluding hydrogens is 274 g/mol. The van der Waals surface area contributed by atoms with Crippen molar-refractivity contribution in [2.24, 2.45) is 0 Å². The minimum atomic E-state index is -1.14. The van der Waals surface area contributed by atoms with Gasteiger partial charge in [0.1, 0.15) is 0 Å². The van der Waals surface area contributed by atoms with E-state index in [1.807, 2.05) is 0 Å². The summed E-state index contributed by atoms with van der Waals surface area (Å²) in [6, 6.07) is 3.93. The number of amides is 2. The Kier molecular flexibility index (Phi) is 2.83. The number of hydrogen-bond acceptors (Lipinski definition) is 4. The highest BCUT2D eigenvalue weighted by atomic mass is 16.4. The summed E-state index contributed by atoms with van der Waals surface area (Å²) in [5.41, 5.74) is 1.85. The van der Waals surface area contributed by atoms with Crippen molar-refractivity contribution in [3.63, 3.8) is 0 Å². The zero-order valence-electron chi connectivity index (χ0n) is 11.1. The van der Waals surface area contributed by atoms with Gasteiger partial charge in [-0.3, -0.25) is 19.6 Å². The topological polar surface area (TPSA) is 103 Å². The van der Waals surface area contributed by atoms with Crippen LogP contribution in [0, 0.1) is 6.92 Å². The molecule has 0 bridgehead atoms. The number of nitrogens with one attached hydrogen (secondary N) is 1. The Morgan fingerprint density at radius 1 is 1.29 bits per heavy atom. The standard InChI is InChI=1S/C14H11N3O4/c1-7-9(5-15-16-7)6-17-12(18)10-3-2-8(14(20)21)4-11(10)13(17)19/h2-5H,6H2,1H3,(H,15,16)(H,20,21). The molecule has 1 aliphatic rings. The van der Waals surface area contributed by atoms with Gasteiger partial charge in [0.25, 0.3) is 11.8 Å². The molecular formula is C14H11N3O4. The number of carboxylic acids is 1. The molecule has 0 radical (unpaired) electrons. The number of rotatable bonds is 3. The fourth-order valence-corrected chi connectivity index (χ4v) is 2.27. The number of H-pyrrole nitrogens is 1. The first kappa shape index (κ1) is 13.0. The first-order valence-electron chi connectivity index (χ1n) is 6.21. The average Bonchev–Trinajstić information content (AvgIpc) is 2.96. The second kappa shape index (κ2) is 4.55. The smallest absolute Gasteiger partial charge is 0.335 e. The van der Waals surface area contributed by atoms with Crippen LogP contribution in [0.25, 0.3) is 0 Å². The van der Waals surface area contributed by atoms with E-state index in [1.54, 1.807) is 13.1 Å². The summed E-state index contributed by atoms with van der Waals surface area (Å²) in [7, 11) is 0. The Balaban J connectivity index is 1.97. The van der Waals surface area contributed by atoms with Crippen LogP contribution in [0.15, 0.2) is 24.4 Å². The van der Waals surface area contributed by atoms with Crippen LogP contribution >= 0.6 is 0 Å². The second-order valence-corrected chi connectivity index (χ2v) is 4.78. The van der Waals surface area contributed by atoms with Gasteiger partial charge in [-0.05, 0) is 25.1 Å². The van der Waals surface area contributed by atoms with Gasteiger partial charge in [0, 0.05) is 11.3 Å². The number of aromatic carboxylic acids is 1. The third kappa shape index (κ3) is 1.99. The van der Waals surface area contributed by atoms with Crippen molar-refractivity contribution in [3.05, 3.63) is 52.3 Å². The maximum Gasteiger partial charge on any atom is 0.335 e. The molecule has 0 spiro atoms. The van der Waals surface area contributed by atoms with E-state index in [0.717, 1.165) is 16.2 Å². The Morgan fingerprint density at radius 3 is 2.62 bits per heavy atom.